The van der Waals surface area contributed by atoms with Gasteiger partial charge >= 0.3 is 5.97 Å². The summed E-state index contributed by atoms with van der Waals surface area (Å²) in [6, 6.07) is 1.48. The van der Waals surface area contributed by atoms with E-state index >= 15 is 0 Å². The van der Waals surface area contributed by atoms with Crippen LogP contribution in [-0.2, 0) is 4.79 Å². The first-order valence-corrected chi connectivity index (χ1v) is 6.55. The number of pyridine rings is 1. The second-order valence-electron chi connectivity index (χ2n) is 4.50. The van der Waals surface area contributed by atoms with Crippen LogP contribution >= 0.6 is 23.2 Å². The Morgan fingerprint density at radius 3 is 2.84 bits per heavy atom. The average molecular weight is 303 g/mol. The molecule has 1 aromatic rings. The van der Waals surface area contributed by atoms with Crippen molar-refractivity contribution in [2.75, 3.05) is 13.1 Å². The van der Waals surface area contributed by atoms with Crippen LogP contribution in [0.5, 0.6) is 0 Å². The molecular formula is C12H12Cl2N2O3. The highest BCUT2D eigenvalue weighted by molar-refractivity contribution is 6.41. The third kappa shape index (κ3) is 3.36. The molecule has 0 radical (unpaired) electrons. The summed E-state index contributed by atoms with van der Waals surface area (Å²) in [5, 5.41) is 9.12. The number of hydrogen-bond donors (Lipinski definition) is 1. The topological polar surface area (TPSA) is 70.5 Å². The maximum atomic E-state index is 12.2. The van der Waals surface area contributed by atoms with Gasteiger partial charge < -0.3 is 10.0 Å². The van der Waals surface area contributed by atoms with E-state index in [0.717, 1.165) is 0 Å². The zero-order valence-corrected chi connectivity index (χ0v) is 11.5. The minimum atomic E-state index is -0.837. The lowest BCUT2D eigenvalue weighted by molar-refractivity contribution is -0.138. The molecule has 1 N–H and O–H groups in total. The van der Waals surface area contributed by atoms with Gasteiger partial charge in [0, 0.05) is 25.7 Å². The number of halogens is 2. The summed E-state index contributed by atoms with van der Waals surface area (Å²) in [7, 11) is 0. The summed E-state index contributed by atoms with van der Waals surface area (Å²) < 4.78 is 0. The van der Waals surface area contributed by atoms with Crippen molar-refractivity contribution in [2.24, 2.45) is 5.92 Å². The van der Waals surface area contributed by atoms with Gasteiger partial charge in [0.25, 0.3) is 5.91 Å². The molecule has 2 rings (SSSR count). The number of aromatic nitrogens is 1. The van der Waals surface area contributed by atoms with Crippen LogP contribution in [-0.4, -0.2) is 40.0 Å². The molecule has 19 heavy (non-hydrogen) atoms. The van der Waals surface area contributed by atoms with Gasteiger partial charge in [-0.15, -0.1) is 0 Å². The summed E-state index contributed by atoms with van der Waals surface area (Å²) in [5.74, 6) is -1.02. The van der Waals surface area contributed by atoms with Crippen molar-refractivity contribution >= 4 is 35.1 Å². The molecule has 0 bridgehead atoms. The smallest absolute Gasteiger partial charge is 0.303 e. The summed E-state index contributed by atoms with van der Waals surface area (Å²) in [4.78, 5) is 28.3. The van der Waals surface area contributed by atoms with Crippen LogP contribution in [0, 0.1) is 5.92 Å². The van der Waals surface area contributed by atoms with Crippen molar-refractivity contribution in [3.63, 3.8) is 0 Å². The first-order chi connectivity index (χ1) is 8.97. The SMILES string of the molecule is O=C(O)CC1CCN(C(=O)c2cnc(Cl)c(Cl)c2)C1. The Morgan fingerprint density at radius 1 is 1.47 bits per heavy atom. The number of carboxylic acid groups (broad SMARTS) is 1. The van der Waals surface area contributed by atoms with Gasteiger partial charge in [-0.1, -0.05) is 23.2 Å². The number of aliphatic carboxylic acids is 1. The number of carbonyl (C=O) groups excluding carboxylic acids is 1. The summed E-state index contributed by atoms with van der Waals surface area (Å²) in [5.41, 5.74) is 0.366. The maximum Gasteiger partial charge on any atom is 0.303 e. The second-order valence-corrected chi connectivity index (χ2v) is 5.27. The van der Waals surface area contributed by atoms with Crippen molar-refractivity contribution in [2.45, 2.75) is 12.8 Å². The van der Waals surface area contributed by atoms with Crippen LogP contribution in [0.15, 0.2) is 12.3 Å². The molecule has 0 saturated carbocycles. The molecule has 5 nitrogen and oxygen atoms in total. The van der Waals surface area contributed by atoms with Crippen LogP contribution in [0.3, 0.4) is 0 Å². The van der Waals surface area contributed by atoms with E-state index < -0.39 is 5.97 Å². The van der Waals surface area contributed by atoms with E-state index in [1.54, 1.807) is 4.90 Å². The lowest BCUT2D eigenvalue weighted by Crippen LogP contribution is -2.29. The average Bonchev–Trinajstić information content (AvgIpc) is 2.79. The van der Waals surface area contributed by atoms with E-state index in [-0.39, 0.29) is 28.4 Å². The van der Waals surface area contributed by atoms with Crippen LogP contribution < -0.4 is 0 Å². The maximum absolute atomic E-state index is 12.2. The van der Waals surface area contributed by atoms with Crippen molar-refractivity contribution in [3.05, 3.63) is 28.0 Å². The minimum absolute atomic E-state index is 0.0113. The third-order valence-corrected chi connectivity index (χ3v) is 3.77. The van der Waals surface area contributed by atoms with E-state index in [2.05, 4.69) is 4.98 Å². The number of rotatable bonds is 3. The highest BCUT2D eigenvalue weighted by Gasteiger charge is 2.28. The van der Waals surface area contributed by atoms with Gasteiger partial charge in [-0.05, 0) is 18.4 Å². The Balaban J connectivity index is 2.04. The van der Waals surface area contributed by atoms with Gasteiger partial charge in [0.15, 0.2) is 0 Å². The first-order valence-electron chi connectivity index (χ1n) is 5.79. The van der Waals surface area contributed by atoms with E-state index in [9.17, 15) is 9.59 Å². The standard InChI is InChI=1S/C12H12Cl2N2O3/c13-9-4-8(5-15-11(9)14)12(19)16-2-1-7(6-16)3-10(17)18/h4-5,7H,1-3,6H2,(H,17,18). The molecule has 1 aromatic heterocycles. The third-order valence-electron chi connectivity index (χ3n) is 3.08. The molecule has 1 unspecified atom stereocenters. The number of hydrogen-bond acceptors (Lipinski definition) is 3. The molecule has 2 heterocycles. The number of likely N-dealkylation sites (tertiary alicyclic amines) is 1. The van der Waals surface area contributed by atoms with E-state index in [0.29, 0.717) is 25.1 Å². The lowest BCUT2D eigenvalue weighted by Gasteiger charge is -2.16. The molecule has 102 valence electrons. The first kappa shape index (κ1) is 14.1. The second kappa shape index (κ2) is 5.75. The Kier molecular flexibility index (Phi) is 4.27. The fourth-order valence-electron chi connectivity index (χ4n) is 2.15. The molecule has 1 amide bonds. The summed E-state index contributed by atoms with van der Waals surface area (Å²) in [6.45, 7) is 1.00. The molecule has 1 aliphatic rings. The highest BCUT2D eigenvalue weighted by Crippen LogP contribution is 2.24. The lowest BCUT2D eigenvalue weighted by atomic mass is 10.1. The van der Waals surface area contributed by atoms with Gasteiger partial charge in [-0.3, -0.25) is 9.59 Å². The van der Waals surface area contributed by atoms with Crippen LogP contribution in [0.25, 0.3) is 0 Å². The fourth-order valence-corrected chi connectivity index (χ4v) is 2.42. The molecule has 1 atom stereocenters. The van der Waals surface area contributed by atoms with Crippen LogP contribution in [0.4, 0.5) is 0 Å². The Labute approximate surface area is 120 Å². The molecule has 0 aromatic carbocycles. The largest absolute Gasteiger partial charge is 0.481 e. The Bertz CT molecular complexity index is 522. The molecular weight excluding hydrogens is 291 g/mol. The van der Waals surface area contributed by atoms with Crippen molar-refractivity contribution in [1.82, 2.24) is 9.88 Å². The van der Waals surface area contributed by atoms with Gasteiger partial charge in [0.05, 0.1) is 10.6 Å². The van der Waals surface area contributed by atoms with E-state index in [4.69, 9.17) is 28.3 Å². The number of amides is 1. The molecule has 1 fully saturated rings. The van der Waals surface area contributed by atoms with Crippen molar-refractivity contribution in [1.29, 1.82) is 0 Å². The fraction of sp³-hybridized carbons (Fsp3) is 0.417. The monoisotopic (exact) mass is 302 g/mol. The molecule has 0 aliphatic carbocycles. The normalized spacial score (nSPS) is 18.6. The van der Waals surface area contributed by atoms with Crippen LogP contribution in [0.2, 0.25) is 10.2 Å². The predicted octanol–water partition coefficient (Wildman–Crippen LogP) is 2.33. The number of nitrogens with zero attached hydrogens (tertiary/aromatic N) is 2. The molecule has 0 spiro atoms. The highest BCUT2D eigenvalue weighted by atomic mass is 35.5. The number of carboxylic acids is 1. The molecule has 7 heteroatoms. The summed E-state index contributed by atoms with van der Waals surface area (Å²) >= 11 is 11.5. The Hall–Kier alpha value is -1.33. The zero-order chi connectivity index (χ0) is 14.0. The van der Waals surface area contributed by atoms with Gasteiger partial charge in [0.1, 0.15) is 5.15 Å². The van der Waals surface area contributed by atoms with E-state index in [1.165, 1.54) is 12.3 Å². The summed E-state index contributed by atoms with van der Waals surface area (Å²) in [6.07, 6.45) is 2.16. The van der Waals surface area contributed by atoms with E-state index in [1.807, 2.05) is 0 Å². The molecule has 1 aliphatic heterocycles. The zero-order valence-electron chi connectivity index (χ0n) is 9.97. The predicted molar refractivity (Wildman–Crippen MR) is 70.5 cm³/mol. The Morgan fingerprint density at radius 2 is 2.21 bits per heavy atom. The minimum Gasteiger partial charge on any atom is -0.481 e. The van der Waals surface area contributed by atoms with Crippen molar-refractivity contribution in [3.8, 4) is 0 Å². The van der Waals surface area contributed by atoms with Gasteiger partial charge in [0.2, 0.25) is 0 Å². The van der Waals surface area contributed by atoms with Crippen LogP contribution in [0.1, 0.15) is 23.2 Å². The van der Waals surface area contributed by atoms with Gasteiger partial charge in [-0.2, -0.15) is 0 Å². The number of carbonyl (C=O) groups is 2. The van der Waals surface area contributed by atoms with Crippen molar-refractivity contribution < 1.29 is 14.7 Å². The quantitative estimate of drug-likeness (QED) is 0.870. The van der Waals surface area contributed by atoms with Gasteiger partial charge in [-0.25, -0.2) is 4.98 Å². The molecule has 1 saturated heterocycles.